The van der Waals surface area contributed by atoms with Crippen LogP contribution in [0.1, 0.15) is 22.6 Å². The van der Waals surface area contributed by atoms with Crippen LogP contribution in [0.25, 0.3) is 22.3 Å². The van der Waals surface area contributed by atoms with Gasteiger partial charge >= 0.3 is 0 Å². The van der Waals surface area contributed by atoms with Crippen LogP contribution in [-0.4, -0.2) is 58.0 Å². The Balaban J connectivity index is 1.16. The maximum atomic E-state index is 6.00. The molecule has 3 aliphatic heterocycles. The molecule has 46 heavy (non-hydrogen) atoms. The van der Waals surface area contributed by atoms with Crippen LogP contribution < -0.4 is 14.2 Å². The summed E-state index contributed by atoms with van der Waals surface area (Å²) in [7, 11) is 0. The van der Waals surface area contributed by atoms with Crippen molar-refractivity contribution in [2.75, 3.05) is 39.6 Å². The molecule has 3 unspecified atom stereocenters. The van der Waals surface area contributed by atoms with Crippen molar-refractivity contribution in [3.63, 3.8) is 0 Å². The Morgan fingerprint density at radius 1 is 0.457 bits per heavy atom. The van der Waals surface area contributed by atoms with Crippen LogP contribution in [-0.2, 0) is 14.2 Å². The van der Waals surface area contributed by atoms with Gasteiger partial charge in [0.15, 0.2) is 0 Å². The molecule has 5 aromatic carbocycles. The van der Waals surface area contributed by atoms with Crippen molar-refractivity contribution in [1.29, 1.82) is 0 Å². The number of hydrogen-bond acceptors (Lipinski definition) is 6. The Morgan fingerprint density at radius 3 is 1.17 bits per heavy atom. The fourth-order valence-electron chi connectivity index (χ4n) is 5.83. The first-order chi connectivity index (χ1) is 22.8. The van der Waals surface area contributed by atoms with E-state index >= 15 is 0 Å². The zero-order valence-corrected chi connectivity index (χ0v) is 25.5. The van der Waals surface area contributed by atoms with Crippen LogP contribution in [0.3, 0.4) is 0 Å². The number of epoxide rings is 3. The van der Waals surface area contributed by atoms with E-state index in [1.54, 1.807) is 0 Å². The van der Waals surface area contributed by atoms with Crippen molar-refractivity contribution < 1.29 is 28.4 Å². The second-order valence-electron chi connectivity index (χ2n) is 12.0. The van der Waals surface area contributed by atoms with E-state index < -0.39 is 0 Å². The Morgan fingerprint density at radius 2 is 0.804 bits per heavy atom. The van der Waals surface area contributed by atoms with Gasteiger partial charge in [0.1, 0.15) is 55.4 Å². The molecule has 5 aromatic rings. The van der Waals surface area contributed by atoms with E-state index in [0.717, 1.165) is 48.2 Å². The van der Waals surface area contributed by atoms with Crippen molar-refractivity contribution in [3.8, 4) is 39.5 Å². The van der Waals surface area contributed by atoms with E-state index in [4.69, 9.17) is 28.4 Å². The lowest BCUT2D eigenvalue weighted by Crippen LogP contribution is -2.08. The molecule has 3 aliphatic rings. The van der Waals surface area contributed by atoms with Gasteiger partial charge in [0.25, 0.3) is 0 Å². The summed E-state index contributed by atoms with van der Waals surface area (Å²) < 4.78 is 33.8. The quantitative estimate of drug-likeness (QED) is 0.0954. The van der Waals surface area contributed by atoms with E-state index in [2.05, 4.69) is 97.1 Å². The summed E-state index contributed by atoms with van der Waals surface area (Å²) >= 11 is 0. The van der Waals surface area contributed by atoms with Gasteiger partial charge in [-0.25, -0.2) is 0 Å². The molecule has 0 bridgehead atoms. The second-order valence-corrected chi connectivity index (χ2v) is 12.0. The topological polar surface area (TPSA) is 65.3 Å². The molecule has 232 valence electrons. The molecule has 3 saturated heterocycles. The Hall–Kier alpha value is -4.62. The third-order valence-electron chi connectivity index (χ3n) is 8.60. The van der Waals surface area contributed by atoms with E-state index in [-0.39, 0.29) is 24.2 Å². The minimum absolute atomic E-state index is 0.0425. The molecule has 0 aliphatic carbocycles. The van der Waals surface area contributed by atoms with E-state index in [1.807, 2.05) is 24.3 Å². The van der Waals surface area contributed by atoms with Crippen LogP contribution in [0.4, 0.5) is 0 Å². The number of hydrogen-bond donors (Lipinski definition) is 0. The highest BCUT2D eigenvalue weighted by molar-refractivity contribution is 5.75. The monoisotopic (exact) mass is 612 g/mol. The maximum Gasteiger partial charge on any atom is 0.119 e. The van der Waals surface area contributed by atoms with Crippen molar-refractivity contribution >= 4 is 0 Å². The highest BCUT2D eigenvalue weighted by atomic mass is 16.6. The standard InChI is InChI=1S/C40H36O6/c1-3-7-38(36(5-1)27-9-15-30(16-10-27)41-21-33-24-44-33)40(29-13-19-32(20-14-29)43-23-35-26-46-35)39-8-4-2-6-37(39)28-11-17-31(18-12-28)42-22-34-25-45-34/h1-20,33-35,40H,21-26H2. The first kappa shape index (κ1) is 28.8. The molecule has 0 aromatic heterocycles. The summed E-state index contributed by atoms with van der Waals surface area (Å²) in [4.78, 5) is 0. The van der Waals surface area contributed by atoms with Gasteiger partial charge in [-0.3, -0.25) is 0 Å². The maximum absolute atomic E-state index is 6.00. The van der Waals surface area contributed by atoms with Crippen LogP contribution in [0.15, 0.2) is 121 Å². The molecule has 6 nitrogen and oxygen atoms in total. The van der Waals surface area contributed by atoms with Gasteiger partial charge in [0.05, 0.1) is 19.8 Å². The molecular formula is C40H36O6. The summed E-state index contributed by atoms with van der Waals surface area (Å²) in [5.74, 6) is 2.50. The molecule has 0 radical (unpaired) electrons. The molecule has 3 fully saturated rings. The lowest BCUT2D eigenvalue weighted by atomic mass is 9.78. The zero-order valence-electron chi connectivity index (χ0n) is 25.5. The normalized spacial score (nSPS) is 20.0. The van der Waals surface area contributed by atoms with Crippen molar-refractivity contribution in [2.45, 2.75) is 24.2 Å². The van der Waals surface area contributed by atoms with Gasteiger partial charge in [0, 0.05) is 5.92 Å². The molecule has 0 saturated carbocycles. The highest BCUT2D eigenvalue weighted by Crippen LogP contribution is 2.42. The summed E-state index contributed by atoms with van der Waals surface area (Å²) in [6.45, 7) is 4.09. The molecule has 0 spiro atoms. The molecule has 0 amide bonds. The minimum atomic E-state index is -0.0425. The summed E-state index contributed by atoms with van der Waals surface area (Å²) in [6, 6.07) is 42.7. The Kier molecular flexibility index (Phi) is 8.15. The van der Waals surface area contributed by atoms with Gasteiger partial charge < -0.3 is 28.4 Å². The average Bonchev–Trinajstić information content (AvgIpc) is 3.96. The number of rotatable bonds is 14. The zero-order chi connectivity index (χ0) is 30.7. The fourth-order valence-corrected chi connectivity index (χ4v) is 5.83. The highest BCUT2D eigenvalue weighted by Gasteiger charge is 2.26. The van der Waals surface area contributed by atoms with Crippen LogP contribution in [0.5, 0.6) is 17.2 Å². The fraction of sp³-hybridized carbons (Fsp3) is 0.250. The first-order valence-corrected chi connectivity index (χ1v) is 16.0. The van der Waals surface area contributed by atoms with Crippen LogP contribution in [0.2, 0.25) is 0 Å². The first-order valence-electron chi connectivity index (χ1n) is 16.0. The molecule has 3 atom stereocenters. The van der Waals surface area contributed by atoms with Crippen molar-refractivity contribution in [1.82, 2.24) is 0 Å². The summed E-state index contributed by atoms with van der Waals surface area (Å²) in [6.07, 6.45) is 0.658. The third-order valence-corrected chi connectivity index (χ3v) is 8.60. The molecule has 3 heterocycles. The predicted molar refractivity (Wildman–Crippen MR) is 177 cm³/mol. The Labute approximate surface area is 269 Å². The molecule has 0 N–H and O–H groups in total. The van der Waals surface area contributed by atoms with Gasteiger partial charge in [-0.15, -0.1) is 0 Å². The molecule has 8 rings (SSSR count). The third kappa shape index (κ3) is 6.95. The summed E-state index contributed by atoms with van der Waals surface area (Å²) in [5, 5.41) is 0. The lowest BCUT2D eigenvalue weighted by molar-refractivity contribution is 0.263. The number of benzene rings is 5. The SMILES string of the molecule is c1ccc(C(c2ccc(OCC3CO3)cc2)c2ccccc2-c2ccc(OCC3CO3)cc2)c(-c2ccc(OCC3CO3)cc2)c1. The van der Waals surface area contributed by atoms with Gasteiger partial charge in [-0.2, -0.15) is 0 Å². The second kappa shape index (κ2) is 13.0. The van der Waals surface area contributed by atoms with Crippen LogP contribution >= 0.6 is 0 Å². The van der Waals surface area contributed by atoms with E-state index in [9.17, 15) is 0 Å². The average molecular weight is 613 g/mol. The molecule has 6 heteroatoms. The predicted octanol–water partition coefficient (Wildman–Crippen LogP) is 7.53. The van der Waals surface area contributed by atoms with Crippen molar-refractivity contribution in [2.24, 2.45) is 0 Å². The largest absolute Gasteiger partial charge is 0.491 e. The Bertz CT molecular complexity index is 1650. The van der Waals surface area contributed by atoms with Gasteiger partial charge in [-0.1, -0.05) is 84.9 Å². The lowest BCUT2D eigenvalue weighted by Gasteiger charge is -2.25. The van der Waals surface area contributed by atoms with Crippen molar-refractivity contribution in [3.05, 3.63) is 138 Å². The van der Waals surface area contributed by atoms with Gasteiger partial charge in [-0.05, 0) is 75.3 Å². The number of ether oxygens (including phenoxy) is 6. The van der Waals surface area contributed by atoms with Gasteiger partial charge in [0.2, 0.25) is 0 Å². The van der Waals surface area contributed by atoms with Crippen LogP contribution in [0, 0.1) is 0 Å². The van der Waals surface area contributed by atoms with E-state index in [1.165, 1.54) is 27.8 Å². The smallest absolute Gasteiger partial charge is 0.119 e. The van der Waals surface area contributed by atoms with E-state index in [0.29, 0.717) is 19.8 Å². The molecular weight excluding hydrogens is 576 g/mol. The summed E-state index contributed by atoms with van der Waals surface area (Å²) in [5.41, 5.74) is 8.26. The minimum Gasteiger partial charge on any atom is -0.491 e.